The van der Waals surface area contributed by atoms with Crippen LogP contribution in [0.15, 0.2) is 42.5 Å². The minimum atomic E-state index is -0.857. The molecule has 1 N–H and O–H groups in total. The molecule has 0 saturated carbocycles. The van der Waals surface area contributed by atoms with Crippen LogP contribution in [0.2, 0.25) is 0 Å². The first-order chi connectivity index (χ1) is 9.15. The molecule has 1 heterocycles. The molecule has 3 rings (SSSR count). The average Bonchev–Trinajstić information content (AvgIpc) is 2.40. The molecule has 0 aromatic heterocycles. The SMILES string of the molecule is O[C@H]1CC(c2ccccc2F)Oc2ccc(F)cc21. The Kier molecular flexibility index (Phi) is 2.95. The zero-order chi connectivity index (χ0) is 13.4. The standard InChI is InChI=1S/C15H12F2O2/c16-9-5-6-14-11(7-9)13(18)8-15(19-14)10-3-1-2-4-12(10)17/h1-7,13,15,18H,8H2/t13-,15?/m0/s1. The summed E-state index contributed by atoms with van der Waals surface area (Å²) < 4.78 is 32.5. The van der Waals surface area contributed by atoms with Crippen molar-refractivity contribution in [2.75, 3.05) is 0 Å². The summed E-state index contributed by atoms with van der Waals surface area (Å²) in [4.78, 5) is 0. The molecular formula is C15H12F2O2. The summed E-state index contributed by atoms with van der Waals surface area (Å²) in [5.41, 5.74) is 0.809. The number of aliphatic hydroxyl groups excluding tert-OH is 1. The van der Waals surface area contributed by atoms with Crippen LogP contribution in [0.3, 0.4) is 0 Å². The Hall–Kier alpha value is -1.94. The molecule has 0 spiro atoms. The second kappa shape index (κ2) is 4.63. The fraction of sp³-hybridized carbons (Fsp3) is 0.200. The largest absolute Gasteiger partial charge is 0.485 e. The van der Waals surface area contributed by atoms with Crippen LogP contribution in [0.1, 0.15) is 29.8 Å². The van der Waals surface area contributed by atoms with Crippen molar-refractivity contribution in [1.82, 2.24) is 0 Å². The molecule has 4 heteroatoms. The van der Waals surface area contributed by atoms with Gasteiger partial charge in [-0.1, -0.05) is 18.2 Å². The van der Waals surface area contributed by atoms with Crippen molar-refractivity contribution >= 4 is 0 Å². The number of fused-ring (bicyclic) bond motifs is 1. The van der Waals surface area contributed by atoms with Crippen LogP contribution >= 0.6 is 0 Å². The molecule has 0 bridgehead atoms. The van der Waals surface area contributed by atoms with Crippen LogP contribution in [0.4, 0.5) is 8.78 Å². The summed E-state index contributed by atoms with van der Waals surface area (Å²) in [5, 5.41) is 10.0. The number of hydrogen-bond donors (Lipinski definition) is 1. The summed E-state index contributed by atoms with van der Waals surface area (Å²) in [5.74, 6) is -0.399. The van der Waals surface area contributed by atoms with Gasteiger partial charge < -0.3 is 9.84 Å². The molecule has 1 aliphatic heterocycles. The maximum atomic E-state index is 13.7. The van der Waals surface area contributed by atoms with Crippen LogP contribution in [-0.2, 0) is 0 Å². The first kappa shape index (κ1) is 12.1. The van der Waals surface area contributed by atoms with Gasteiger partial charge in [-0.05, 0) is 24.3 Å². The maximum absolute atomic E-state index is 13.7. The Balaban J connectivity index is 1.97. The zero-order valence-electron chi connectivity index (χ0n) is 10.0. The van der Waals surface area contributed by atoms with Crippen LogP contribution in [0, 0.1) is 11.6 Å². The second-order valence-electron chi connectivity index (χ2n) is 4.56. The lowest BCUT2D eigenvalue weighted by molar-refractivity contribution is 0.0636. The fourth-order valence-electron chi connectivity index (χ4n) is 2.34. The van der Waals surface area contributed by atoms with Crippen molar-refractivity contribution in [2.24, 2.45) is 0 Å². The van der Waals surface area contributed by atoms with Crippen LogP contribution < -0.4 is 4.74 Å². The number of aliphatic hydroxyl groups is 1. The number of rotatable bonds is 1. The average molecular weight is 262 g/mol. The molecule has 0 radical (unpaired) electrons. The number of ether oxygens (including phenoxy) is 1. The van der Waals surface area contributed by atoms with Gasteiger partial charge in [0.25, 0.3) is 0 Å². The van der Waals surface area contributed by atoms with Gasteiger partial charge >= 0.3 is 0 Å². The molecule has 19 heavy (non-hydrogen) atoms. The lowest BCUT2D eigenvalue weighted by Gasteiger charge is -2.30. The van der Waals surface area contributed by atoms with E-state index in [4.69, 9.17) is 4.74 Å². The van der Waals surface area contributed by atoms with Crippen molar-refractivity contribution in [2.45, 2.75) is 18.6 Å². The topological polar surface area (TPSA) is 29.5 Å². The highest BCUT2D eigenvalue weighted by atomic mass is 19.1. The molecule has 2 atom stereocenters. The molecule has 0 amide bonds. The summed E-state index contributed by atoms with van der Waals surface area (Å²) in [6.45, 7) is 0. The van der Waals surface area contributed by atoms with E-state index < -0.39 is 18.0 Å². The predicted molar refractivity (Wildman–Crippen MR) is 65.7 cm³/mol. The first-order valence-electron chi connectivity index (χ1n) is 6.04. The molecule has 1 aliphatic rings. The molecule has 1 unspecified atom stereocenters. The van der Waals surface area contributed by atoms with Gasteiger partial charge in [0.2, 0.25) is 0 Å². The normalized spacial score (nSPS) is 21.6. The second-order valence-corrected chi connectivity index (χ2v) is 4.56. The summed E-state index contributed by atoms with van der Waals surface area (Å²) in [7, 11) is 0. The summed E-state index contributed by atoms with van der Waals surface area (Å²) in [6.07, 6.45) is -1.21. The smallest absolute Gasteiger partial charge is 0.130 e. The third-order valence-corrected chi connectivity index (χ3v) is 3.29. The maximum Gasteiger partial charge on any atom is 0.130 e. The Morgan fingerprint density at radius 2 is 1.84 bits per heavy atom. The van der Waals surface area contributed by atoms with E-state index in [1.54, 1.807) is 18.2 Å². The molecule has 0 fully saturated rings. The minimum absolute atomic E-state index is 0.206. The van der Waals surface area contributed by atoms with Crippen LogP contribution in [0.5, 0.6) is 5.75 Å². The Morgan fingerprint density at radius 3 is 2.63 bits per heavy atom. The first-order valence-corrected chi connectivity index (χ1v) is 6.04. The van der Waals surface area contributed by atoms with Crippen LogP contribution in [0.25, 0.3) is 0 Å². The fourth-order valence-corrected chi connectivity index (χ4v) is 2.34. The van der Waals surface area contributed by atoms with E-state index in [2.05, 4.69) is 0 Å². The van der Waals surface area contributed by atoms with E-state index in [0.29, 0.717) is 16.9 Å². The molecule has 2 aromatic rings. The van der Waals surface area contributed by atoms with Gasteiger partial charge in [-0.25, -0.2) is 8.78 Å². The van der Waals surface area contributed by atoms with Gasteiger partial charge in [0, 0.05) is 17.5 Å². The highest BCUT2D eigenvalue weighted by molar-refractivity contribution is 5.39. The van der Waals surface area contributed by atoms with E-state index in [9.17, 15) is 13.9 Å². The number of hydrogen-bond acceptors (Lipinski definition) is 2. The van der Waals surface area contributed by atoms with E-state index in [1.807, 2.05) is 0 Å². The number of halogens is 2. The Labute approximate surface area is 109 Å². The Morgan fingerprint density at radius 1 is 1.05 bits per heavy atom. The third-order valence-electron chi connectivity index (χ3n) is 3.29. The Bertz CT molecular complexity index is 613. The van der Waals surface area contributed by atoms with Gasteiger partial charge in [-0.3, -0.25) is 0 Å². The molecule has 0 saturated heterocycles. The third kappa shape index (κ3) is 2.19. The van der Waals surface area contributed by atoms with Crippen LogP contribution in [-0.4, -0.2) is 5.11 Å². The van der Waals surface area contributed by atoms with Crippen molar-refractivity contribution in [1.29, 1.82) is 0 Å². The number of benzene rings is 2. The van der Waals surface area contributed by atoms with E-state index >= 15 is 0 Å². The van der Waals surface area contributed by atoms with Crippen molar-refractivity contribution < 1.29 is 18.6 Å². The van der Waals surface area contributed by atoms with E-state index in [1.165, 1.54) is 24.3 Å². The zero-order valence-corrected chi connectivity index (χ0v) is 10.0. The van der Waals surface area contributed by atoms with Gasteiger partial charge in [0.15, 0.2) is 0 Å². The molecule has 2 nitrogen and oxygen atoms in total. The van der Waals surface area contributed by atoms with E-state index in [0.717, 1.165) is 0 Å². The van der Waals surface area contributed by atoms with Crippen molar-refractivity contribution in [3.05, 3.63) is 65.2 Å². The molecule has 98 valence electrons. The van der Waals surface area contributed by atoms with E-state index in [-0.39, 0.29) is 12.2 Å². The molecule has 2 aromatic carbocycles. The van der Waals surface area contributed by atoms with Gasteiger partial charge in [-0.2, -0.15) is 0 Å². The molecular weight excluding hydrogens is 250 g/mol. The molecule has 0 aliphatic carbocycles. The monoisotopic (exact) mass is 262 g/mol. The lowest BCUT2D eigenvalue weighted by Crippen LogP contribution is -2.20. The highest BCUT2D eigenvalue weighted by Gasteiger charge is 2.29. The van der Waals surface area contributed by atoms with Gasteiger partial charge in [0.05, 0.1) is 6.10 Å². The predicted octanol–water partition coefficient (Wildman–Crippen LogP) is 3.52. The highest BCUT2D eigenvalue weighted by Crippen LogP contribution is 2.41. The van der Waals surface area contributed by atoms with Gasteiger partial charge in [-0.15, -0.1) is 0 Å². The minimum Gasteiger partial charge on any atom is -0.485 e. The summed E-state index contributed by atoms with van der Waals surface area (Å²) >= 11 is 0. The van der Waals surface area contributed by atoms with Gasteiger partial charge in [0.1, 0.15) is 23.5 Å². The summed E-state index contributed by atoms with van der Waals surface area (Å²) in [6, 6.07) is 10.3. The van der Waals surface area contributed by atoms with Crippen molar-refractivity contribution in [3.63, 3.8) is 0 Å². The van der Waals surface area contributed by atoms with Crippen molar-refractivity contribution in [3.8, 4) is 5.75 Å². The quantitative estimate of drug-likeness (QED) is 0.852. The lowest BCUT2D eigenvalue weighted by atomic mass is 9.95.